The second-order valence-electron chi connectivity index (χ2n) is 6.38. The van der Waals surface area contributed by atoms with Gasteiger partial charge in [-0.05, 0) is 55.5 Å². The summed E-state index contributed by atoms with van der Waals surface area (Å²) in [5, 5.41) is 12.7. The second-order valence-corrected chi connectivity index (χ2v) is 6.38. The molecule has 134 valence electrons. The first-order valence-electron chi connectivity index (χ1n) is 8.74. The Balaban J connectivity index is 1.79. The molecule has 0 saturated carbocycles. The third kappa shape index (κ3) is 5.91. The van der Waals surface area contributed by atoms with E-state index in [0.717, 1.165) is 12.0 Å². The van der Waals surface area contributed by atoms with Crippen LogP contribution < -0.4 is 10.1 Å². The van der Waals surface area contributed by atoms with E-state index in [1.165, 1.54) is 11.1 Å². The Morgan fingerprint density at radius 3 is 2.48 bits per heavy atom. The van der Waals surface area contributed by atoms with Gasteiger partial charge in [0.2, 0.25) is 0 Å². The highest BCUT2D eigenvalue weighted by Gasteiger charge is 2.10. The van der Waals surface area contributed by atoms with Crippen LogP contribution in [0.25, 0.3) is 0 Å². The average Bonchev–Trinajstić information content (AvgIpc) is 2.61. The molecule has 25 heavy (non-hydrogen) atoms. The van der Waals surface area contributed by atoms with Crippen LogP contribution in [-0.4, -0.2) is 23.7 Å². The van der Waals surface area contributed by atoms with Gasteiger partial charge in [0.15, 0.2) is 6.61 Å². The smallest absolute Gasteiger partial charge is 0.258 e. The van der Waals surface area contributed by atoms with Crippen LogP contribution >= 0.6 is 0 Å². The zero-order valence-corrected chi connectivity index (χ0v) is 15.2. The van der Waals surface area contributed by atoms with E-state index in [4.69, 9.17) is 4.74 Å². The third-order valence-electron chi connectivity index (χ3n) is 4.22. The topological polar surface area (TPSA) is 58.6 Å². The van der Waals surface area contributed by atoms with Crippen molar-refractivity contribution in [3.63, 3.8) is 0 Å². The lowest BCUT2D eigenvalue weighted by molar-refractivity contribution is -0.123. The predicted molar refractivity (Wildman–Crippen MR) is 99.7 cm³/mol. The zero-order valence-electron chi connectivity index (χ0n) is 15.2. The van der Waals surface area contributed by atoms with Crippen molar-refractivity contribution in [2.45, 2.75) is 45.8 Å². The van der Waals surface area contributed by atoms with Gasteiger partial charge < -0.3 is 15.2 Å². The van der Waals surface area contributed by atoms with E-state index in [0.29, 0.717) is 12.2 Å². The minimum absolute atomic E-state index is 0.0200. The maximum absolute atomic E-state index is 12.0. The molecule has 2 atom stereocenters. The summed E-state index contributed by atoms with van der Waals surface area (Å²) in [5.41, 5.74) is 3.32. The Hall–Kier alpha value is -2.33. The summed E-state index contributed by atoms with van der Waals surface area (Å²) in [5.74, 6) is 0.479. The van der Waals surface area contributed by atoms with Gasteiger partial charge >= 0.3 is 0 Å². The largest absolute Gasteiger partial charge is 0.484 e. The minimum atomic E-state index is -0.459. The zero-order chi connectivity index (χ0) is 18.2. The van der Waals surface area contributed by atoms with Gasteiger partial charge in [0, 0.05) is 6.04 Å². The van der Waals surface area contributed by atoms with Crippen LogP contribution in [0.5, 0.6) is 5.75 Å². The van der Waals surface area contributed by atoms with E-state index in [1.807, 2.05) is 38.1 Å². The molecule has 2 N–H and O–H groups in total. The Morgan fingerprint density at radius 2 is 1.84 bits per heavy atom. The lowest BCUT2D eigenvalue weighted by Gasteiger charge is -2.16. The normalized spacial score (nSPS) is 13.1. The second kappa shape index (κ2) is 9.23. The molecular weight excluding hydrogens is 314 g/mol. The van der Waals surface area contributed by atoms with Gasteiger partial charge in [-0.15, -0.1) is 0 Å². The van der Waals surface area contributed by atoms with E-state index in [2.05, 4.69) is 24.4 Å². The van der Waals surface area contributed by atoms with Crippen LogP contribution in [0, 0.1) is 6.92 Å². The molecule has 0 radical (unpaired) electrons. The van der Waals surface area contributed by atoms with Gasteiger partial charge in [-0.2, -0.15) is 0 Å². The molecule has 1 amide bonds. The molecule has 0 aromatic heterocycles. The molecule has 2 unspecified atom stereocenters. The molecule has 0 bridgehead atoms. The van der Waals surface area contributed by atoms with Crippen molar-refractivity contribution in [2.24, 2.45) is 0 Å². The number of amides is 1. The number of hydrogen-bond acceptors (Lipinski definition) is 3. The molecular formula is C21H27NO3. The number of aliphatic hydroxyl groups is 1. The highest BCUT2D eigenvalue weighted by Crippen LogP contribution is 2.19. The summed E-state index contributed by atoms with van der Waals surface area (Å²) in [6.07, 6.45) is 1.00. The molecule has 0 spiro atoms. The summed E-state index contributed by atoms with van der Waals surface area (Å²) < 4.78 is 5.52. The quantitative estimate of drug-likeness (QED) is 0.772. The predicted octanol–water partition coefficient (Wildman–Crippen LogP) is 3.56. The molecule has 4 heteroatoms. The standard InChI is InChI=1S/C21H27NO3/c1-4-20(23)17-9-11-19(12-10-17)25-14-21(24)22-16(3)13-18-8-6-5-7-15(18)2/h5-12,16,20,23H,4,13-14H2,1-3H3,(H,22,24). The number of aliphatic hydroxyl groups excluding tert-OH is 1. The lowest BCUT2D eigenvalue weighted by atomic mass is 10.0. The van der Waals surface area contributed by atoms with Crippen molar-refractivity contribution in [3.05, 3.63) is 65.2 Å². The van der Waals surface area contributed by atoms with Crippen LogP contribution in [-0.2, 0) is 11.2 Å². The molecule has 2 aromatic rings. The molecule has 0 aliphatic carbocycles. The molecule has 0 aliphatic heterocycles. The fourth-order valence-electron chi connectivity index (χ4n) is 2.71. The highest BCUT2D eigenvalue weighted by molar-refractivity contribution is 5.77. The Labute approximate surface area is 149 Å². The molecule has 4 nitrogen and oxygen atoms in total. The third-order valence-corrected chi connectivity index (χ3v) is 4.22. The van der Waals surface area contributed by atoms with E-state index < -0.39 is 6.10 Å². The van der Waals surface area contributed by atoms with Crippen LogP contribution in [0.1, 0.15) is 43.1 Å². The number of benzene rings is 2. The Bertz CT molecular complexity index is 682. The Morgan fingerprint density at radius 1 is 1.16 bits per heavy atom. The van der Waals surface area contributed by atoms with Crippen LogP contribution in [0.4, 0.5) is 0 Å². The monoisotopic (exact) mass is 341 g/mol. The summed E-state index contributed by atoms with van der Waals surface area (Å²) in [7, 11) is 0. The van der Waals surface area contributed by atoms with Gasteiger partial charge in [-0.1, -0.05) is 43.3 Å². The Kier molecular flexibility index (Phi) is 7.02. The maximum Gasteiger partial charge on any atom is 0.258 e. The summed E-state index contributed by atoms with van der Waals surface area (Å²) >= 11 is 0. The fraction of sp³-hybridized carbons (Fsp3) is 0.381. The molecule has 2 rings (SSSR count). The first-order valence-corrected chi connectivity index (χ1v) is 8.74. The molecule has 0 fully saturated rings. The van der Waals surface area contributed by atoms with Gasteiger partial charge in [-0.25, -0.2) is 0 Å². The van der Waals surface area contributed by atoms with Crippen LogP contribution in [0.15, 0.2) is 48.5 Å². The number of ether oxygens (including phenoxy) is 1. The van der Waals surface area contributed by atoms with Crippen molar-refractivity contribution in [2.75, 3.05) is 6.61 Å². The van der Waals surface area contributed by atoms with Crippen LogP contribution in [0.3, 0.4) is 0 Å². The van der Waals surface area contributed by atoms with Gasteiger partial charge in [-0.3, -0.25) is 4.79 Å². The van der Waals surface area contributed by atoms with Crippen molar-refractivity contribution in [3.8, 4) is 5.75 Å². The molecule has 2 aromatic carbocycles. The number of carbonyl (C=O) groups is 1. The maximum atomic E-state index is 12.0. The summed E-state index contributed by atoms with van der Waals surface area (Å²) in [6.45, 7) is 5.97. The fourth-order valence-corrected chi connectivity index (χ4v) is 2.71. The SMILES string of the molecule is CCC(O)c1ccc(OCC(=O)NC(C)Cc2ccccc2C)cc1. The van der Waals surface area contributed by atoms with E-state index >= 15 is 0 Å². The number of rotatable bonds is 8. The van der Waals surface area contributed by atoms with Crippen molar-refractivity contribution < 1.29 is 14.6 Å². The lowest BCUT2D eigenvalue weighted by Crippen LogP contribution is -2.37. The number of nitrogens with one attached hydrogen (secondary N) is 1. The van der Waals surface area contributed by atoms with E-state index in [-0.39, 0.29) is 18.6 Å². The number of hydrogen-bond donors (Lipinski definition) is 2. The molecule has 0 aliphatic rings. The minimum Gasteiger partial charge on any atom is -0.484 e. The first kappa shape index (κ1) is 19.0. The summed E-state index contributed by atoms with van der Waals surface area (Å²) in [6, 6.07) is 15.4. The number of aryl methyl sites for hydroxylation is 1. The van der Waals surface area contributed by atoms with Crippen LogP contribution in [0.2, 0.25) is 0 Å². The van der Waals surface area contributed by atoms with Gasteiger partial charge in [0.05, 0.1) is 6.10 Å². The van der Waals surface area contributed by atoms with E-state index in [9.17, 15) is 9.90 Å². The molecule has 0 heterocycles. The highest BCUT2D eigenvalue weighted by atomic mass is 16.5. The number of carbonyl (C=O) groups excluding carboxylic acids is 1. The van der Waals surface area contributed by atoms with Gasteiger partial charge in [0.25, 0.3) is 5.91 Å². The summed E-state index contributed by atoms with van der Waals surface area (Å²) in [4.78, 5) is 12.0. The van der Waals surface area contributed by atoms with Crippen molar-refractivity contribution in [1.82, 2.24) is 5.32 Å². The average molecular weight is 341 g/mol. The van der Waals surface area contributed by atoms with Gasteiger partial charge in [0.1, 0.15) is 5.75 Å². The molecule has 0 saturated heterocycles. The van der Waals surface area contributed by atoms with E-state index in [1.54, 1.807) is 12.1 Å². The van der Waals surface area contributed by atoms with Crippen molar-refractivity contribution in [1.29, 1.82) is 0 Å². The first-order chi connectivity index (χ1) is 12.0. The van der Waals surface area contributed by atoms with Crippen molar-refractivity contribution >= 4 is 5.91 Å².